The predicted octanol–water partition coefficient (Wildman–Crippen LogP) is 3.79. The van der Waals surface area contributed by atoms with Crippen molar-refractivity contribution in [2.24, 2.45) is 0 Å². The van der Waals surface area contributed by atoms with Gasteiger partial charge in [-0.3, -0.25) is 15.0 Å². The van der Waals surface area contributed by atoms with Gasteiger partial charge in [0.25, 0.3) is 5.91 Å². The minimum Gasteiger partial charge on any atom is -0.461 e. The van der Waals surface area contributed by atoms with Gasteiger partial charge in [0.2, 0.25) is 5.13 Å². The number of carbonyl (C=O) groups excluding carboxylic acids is 1. The van der Waals surface area contributed by atoms with Gasteiger partial charge in [0.15, 0.2) is 5.82 Å². The van der Waals surface area contributed by atoms with Crippen molar-refractivity contribution in [1.82, 2.24) is 14.3 Å². The summed E-state index contributed by atoms with van der Waals surface area (Å²) in [5.41, 5.74) is 0.837. The zero-order valence-corrected chi connectivity index (χ0v) is 17.5. The lowest BCUT2D eigenvalue weighted by atomic mass is 10.1. The van der Waals surface area contributed by atoms with Crippen LogP contribution in [0, 0.1) is 6.92 Å². The molecule has 1 aliphatic heterocycles. The van der Waals surface area contributed by atoms with Crippen molar-refractivity contribution in [2.45, 2.75) is 20.1 Å². The first-order valence-electron chi connectivity index (χ1n) is 9.57. The first-order valence-corrected chi connectivity index (χ1v) is 10.3. The molecule has 3 heterocycles. The Bertz CT molecular complexity index is 1050. The van der Waals surface area contributed by atoms with Crippen molar-refractivity contribution >= 4 is 22.6 Å². The van der Waals surface area contributed by atoms with Gasteiger partial charge < -0.3 is 13.9 Å². The van der Waals surface area contributed by atoms with Gasteiger partial charge in [0.05, 0.1) is 25.3 Å². The molecule has 8 nitrogen and oxygen atoms in total. The number of nitrogens with zero attached hydrogens (tertiary/aromatic N) is 3. The average Bonchev–Trinajstić information content (AvgIpc) is 3.35. The van der Waals surface area contributed by atoms with Crippen LogP contribution in [-0.2, 0) is 11.3 Å². The molecule has 1 aliphatic rings. The van der Waals surface area contributed by atoms with E-state index in [9.17, 15) is 13.6 Å². The Morgan fingerprint density at radius 3 is 2.90 bits per heavy atom. The van der Waals surface area contributed by atoms with Crippen LogP contribution in [0.15, 0.2) is 34.7 Å². The fourth-order valence-corrected chi connectivity index (χ4v) is 3.74. The molecule has 11 heteroatoms. The van der Waals surface area contributed by atoms with Gasteiger partial charge >= 0.3 is 6.61 Å². The molecule has 0 radical (unpaired) electrons. The number of alkyl halides is 2. The molecule has 31 heavy (non-hydrogen) atoms. The molecule has 0 aliphatic carbocycles. The van der Waals surface area contributed by atoms with Crippen LogP contribution in [-0.4, -0.2) is 53.1 Å². The molecule has 0 saturated carbocycles. The predicted molar refractivity (Wildman–Crippen MR) is 109 cm³/mol. The van der Waals surface area contributed by atoms with Gasteiger partial charge in [0.1, 0.15) is 17.3 Å². The van der Waals surface area contributed by atoms with E-state index in [4.69, 9.17) is 9.15 Å². The molecule has 0 unspecified atom stereocenters. The second-order valence-electron chi connectivity index (χ2n) is 6.85. The van der Waals surface area contributed by atoms with Crippen LogP contribution in [0.25, 0.3) is 11.3 Å². The number of furan rings is 1. The number of ether oxygens (including phenoxy) is 2. The number of halogens is 2. The van der Waals surface area contributed by atoms with E-state index in [0.717, 1.165) is 24.6 Å². The van der Waals surface area contributed by atoms with Crippen molar-refractivity contribution in [3.05, 3.63) is 47.5 Å². The van der Waals surface area contributed by atoms with Crippen LogP contribution in [0.5, 0.6) is 5.75 Å². The van der Waals surface area contributed by atoms with Crippen molar-refractivity contribution in [3.63, 3.8) is 0 Å². The Morgan fingerprint density at radius 2 is 2.13 bits per heavy atom. The summed E-state index contributed by atoms with van der Waals surface area (Å²) in [6.45, 7) is 2.35. The Balaban J connectivity index is 1.43. The molecular weight excluding hydrogens is 430 g/mol. The van der Waals surface area contributed by atoms with E-state index in [1.807, 2.05) is 0 Å². The highest BCUT2D eigenvalue weighted by Crippen LogP contribution is 2.29. The molecule has 1 fully saturated rings. The molecule has 2 aromatic heterocycles. The van der Waals surface area contributed by atoms with Crippen molar-refractivity contribution in [1.29, 1.82) is 0 Å². The molecule has 164 valence electrons. The van der Waals surface area contributed by atoms with Crippen molar-refractivity contribution in [3.8, 4) is 17.1 Å². The number of anilines is 1. The number of hydrogen-bond acceptors (Lipinski definition) is 8. The third-order valence-corrected chi connectivity index (χ3v) is 5.33. The summed E-state index contributed by atoms with van der Waals surface area (Å²) in [5, 5.41) is 3.13. The fraction of sp³-hybridized carbons (Fsp3) is 0.350. The number of rotatable bonds is 7. The smallest absolute Gasteiger partial charge is 0.387 e. The molecule has 0 bridgehead atoms. The Labute approximate surface area is 181 Å². The third kappa shape index (κ3) is 5.43. The minimum atomic E-state index is -2.92. The van der Waals surface area contributed by atoms with Crippen LogP contribution in [0.1, 0.15) is 21.9 Å². The Hall–Kier alpha value is -2.89. The van der Waals surface area contributed by atoms with E-state index in [1.165, 1.54) is 12.1 Å². The van der Waals surface area contributed by atoms with Crippen LogP contribution < -0.4 is 10.1 Å². The van der Waals surface area contributed by atoms with Gasteiger partial charge in [0, 0.05) is 30.2 Å². The molecule has 0 spiro atoms. The molecule has 3 aromatic rings. The summed E-state index contributed by atoms with van der Waals surface area (Å²) in [6.07, 6.45) is 0. The van der Waals surface area contributed by atoms with E-state index in [0.29, 0.717) is 53.4 Å². The highest BCUT2D eigenvalue weighted by atomic mass is 32.1. The zero-order valence-electron chi connectivity index (χ0n) is 16.6. The second-order valence-corrected chi connectivity index (χ2v) is 7.60. The number of benzene rings is 1. The highest BCUT2D eigenvalue weighted by Gasteiger charge is 2.19. The van der Waals surface area contributed by atoms with Crippen LogP contribution >= 0.6 is 11.5 Å². The van der Waals surface area contributed by atoms with Gasteiger partial charge in [-0.2, -0.15) is 13.2 Å². The van der Waals surface area contributed by atoms with Crippen molar-refractivity contribution < 1.29 is 27.5 Å². The van der Waals surface area contributed by atoms with E-state index in [2.05, 4.69) is 24.3 Å². The number of morpholine rings is 1. The number of amides is 1. The fourth-order valence-electron chi connectivity index (χ4n) is 3.17. The molecule has 1 saturated heterocycles. The van der Waals surface area contributed by atoms with E-state index >= 15 is 0 Å². The standard InChI is InChI=1S/C20H20F2N4O4S/c1-12-15(10-16(29-12)13-3-2-4-14(9-13)30-19(21)22)18(27)24-20-23-17(25-31-20)11-26-5-7-28-8-6-26/h2-4,9-10,19H,5-8,11H2,1H3,(H,23,24,25,27). The molecule has 1 aromatic carbocycles. The Kier molecular flexibility index (Phi) is 6.54. The van der Waals surface area contributed by atoms with Crippen molar-refractivity contribution in [2.75, 3.05) is 31.6 Å². The normalized spacial score (nSPS) is 14.7. The van der Waals surface area contributed by atoms with Crippen LogP contribution in [0.2, 0.25) is 0 Å². The second kappa shape index (κ2) is 9.50. The van der Waals surface area contributed by atoms with E-state index in [-0.39, 0.29) is 11.7 Å². The summed E-state index contributed by atoms with van der Waals surface area (Å²) >= 11 is 1.11. The first kappa shape index (κ1) is 21.3. The zero-order chi connectivity index (χ0) is 21.8. The first-order chi connectivity index (χ1) is 15.0. The third-order valence-electron chi connectivity index (χ3n) is 4.66. The van der Waals surface area contributed by atoms with E-state index < -0.39 is 6.61 Å². The van der Waals surface area contributed by atoms with Crippen LogP contribution in [0.4, 0.5) is 13.9 Å². The van der Waals surface area contributed by atoms with Crippen LogP contribution in [0.3, 0.4) is 0 Å². The number of nitrogens with one attached hydrogen (secondary N) is 1. The largest absolute Gasteiger partial charge is 0.461 e. The topological polar surface area (TPSA) is 89.7 Å². The van der Waals surface area contributed by atoms with Gasteiger partial charge in [-0.15, -0.1) is 0 Å². The number of hydrogen-bond donors (Lipinski definition) is 1. The maximum atomic E-state index is 12.7. The molecule has 1 amide bonds. The van der Waals surface area contributed by atoms with Gasteiger partial charge in [-0.25, -0.2) is 4.98 Å². The van der Waals surface area contributed by atoms with Gasteiger partial charge in [-0.1, -0.05) is 12.1 Å². The molecule has 4 rings (SSSR count). The number of aryl methyl sites for hydroxylation is 1. The van der Waals surface area contributed by atoms with Gasteiger partial charge in [-0.05, 0) is 25.1 Å². The molecular formula is C20H20F2N4O4S. The summed E-state index contributed by atoms with van der Waals surface area (Å²) in [6, 6.07) is 7.66. The average molecular weight is 450 g/mol. The summed E-state index contributed by atoms with van der Waals surface area (Å²) in [5.74, 6) is 1.02. The SMILES string of the molecule is Cc1oc(-c2cccc(OC(F)F)c2)cc1C(=O)Nc1nc(CN2CCOCC2)ns1. The minimum absolute atomic E-state index is 0.00853. The lowest BCUT2D eigenvalue weighted by Gasteiger charge is -2.25. The Morgan fingerprint density at radius 1 is 1.32 bits per heavy atom. The number of carbonyl (C=O) groups is 1. The quantitative estimate of drug-likeness (QED) is 0.586. The van der Waals surface area contributed by atoms with E-state index in [1.54, 1.807) is 25.1 Å². The highest BCUT2D eigenvalue weighted by molar-refractivity contribution is 7.09. The lowest BCUT2D eigenvalue weighted by Crippen LogP contribution is -2.35. The summed E-state index contributed by atoms with van der Waals surface area (Å²) in [4.78, 5) is 19.3. The summed E-state index contributed by atoms with van der Waals surface area (Å²) < 4.78 is 44.6. The lowest BCUT2D eigenvalue weighted by molar-refractivity contribution is -0.0498. The maximum absolute atomic E-state index is 12.7. The number of aromatic nitrogens is 2. The summed E-state index contributed by atoms with van der Waals surface area (Å²) in [7, 11) is 0. The maximum Gasteiger partial charge on any atom is 0.387 e. The molecule has 1 N–H and O–H groups in total. The molecule has 0 atom stereocenters. The monoisotopic (exact) mass is 450 g/mol.